The van der Waals surface area contributed by atoms with Gasteiger partial charge in [0.15, 0.2) is 0 Å². The van der Waals surface area contributed by atoms with Gasteiger partial charge in [-0.05, 0) is 42.3 Å². The van der Waals surface area contributed by atoms with E-state index >= 15 is 0 Å². The summed E-state index contributed by atoms with van der Waals surface area (Å²) >= 11 is 0. The van der Waals surface area contributed by atoms with Crippen LogP contribution in [0.4, 0.5) is 0 Å². The second-order valence-electron chi connectivity index (χ2n) is 6.30. The fourth-order valence-electron chi connectivity index (χ4n) is 2.50. The quantitative estimate of drug-likeness (QED) is 0.877. The molecule has 21 heavy (non-hydrogen) atoms. The Hall–Kier alpha value is -1.06. The first-order chi connectivity index (χ1) is 9.53. The maximum Gasteiger partial charge on any atom is 0.237 e. The Labute approximate surface area is 134 Å². The Bertz CT molecular complexity index is 450. The Balaban J connectivity index is 0.00000220. The molecule has 0 bridgehead atoms. The smallest absolute Gasteiger partial charge is 0.237 e. The second kappa shape index (κ2) is 7.81. The molecule has 0 radical (unpaired) electrons. The number of nitrogens with one attached hydrogen (secondary N) is 2. The molecule has 0 saturated carbocycles. The van der Waals surface area contributed by atoms with Gasteiger partial charge >= 0.3 is 0 Å². The normalized spacial score (nSPS) is 18.1. The van der Waals surface area contributed by atoms with Gasteiger partial charge in [0.1, 0.15) is 0 Å². The van der Waals surface area contributed by atoms with E-state index in [9.17, 15) is 4.79 Å². The SMILES string of the molecule is CCC(C)(C)c1ccc(CNC(=O)C2CCCN2)cc1.Cl. The lowest BCUT2D eigenvalue weighted by atomic mass is 9.82. The van der Waals surface area contributed by atoms with Crippen LogP contribution >= 0.6 is 12.4 Å². The summed E-state index contributed by atoms with van der Waals surface area (Å²) in [5.41, 5.74) is 2.73. The number of hydrogen-bond donors (Lipinski definition) is 2. The summed E-state index contributed by atoms with van der Waals surface area (Å²) in [5, 5.41) is 6.23. The average Bonchev–Trinajstić information content (AvgIpc) is 2.99. The van der Waals surface area contributed by atoms with Crippen molar-refractivity contribution in [2.24, 2.45) is 0 Å². The van der Waals surface area contributed by atoms with Crippen molar-refractivity contribution in [2.45, 2.75) is 58.0 Å². The van der Waals surface area contributed by atoms with Gasteiger partial charge in [-0.1, -0.05) is 45.0 Å². The Morgan fingerprint density at radius 3 is 2.52 bits per heavy atom. The molecule has 4 heteroatoms. The molecule has 1 aliphatic rings. The van der Waals surface area contributed by atoms with Gasteiger partial charge in [0, 0.05) is 6.54 Å². The summed E-state index contributed by atoms with van der Waals surface area (Å²) in [6.07, 6.45) is 3.17. The number of rotatable bonds is 5. The molecule has 2 rings (SSSR count). The van der Waals surface area contributed by atoms with Gasteiger partial charge in [-0.15, -0.1) is 12.4 Å². The number of carbonyl (C=O) groups is 1. The van der Waals surface area contributed by atoms with Crippen LogP contribution in [0.15, 0.2) is 24.3 Å². The fourth-order valence-corrected chi connectivity index (χ4v) is 2.50. The van der Waals surface area contributed by atoms with Crippen LogP contribution < -0.4 is 10.6 Å². The maximum absolute atomic E-state index is 11.9. The number of hydrogen-bond acceptors (Lipinski definition) is 2. The predicted molar refractivity (Wildman–Crippen MR) is 89.9 cm³/mol. The molecule has 0 aliphatic carbocycles. The molecule has 3 nitrogen and oxygen atoms in total. The lowest BCUT2D eigenvalue weighted by molar-refractivity contribution is -0.122. The molecule has 0 aromatic heterocycles. The lowest BCUT2D eigenvalue weighted by Crippen LogP contribution is -2.40. The lowest BCUT2D eigenvalue weighted by Gasteiger charge is -2.23. The van der Waals surface area contributed by atoms with Gasteiger partial charge < -0.3 is 10.6 Å². The highest BCUT2D eigenvalue weighted by molar-refractivity contribution is 5.85. The zero-order valence-corrected chi connectivity index (χ0v) is 14.1. The van der Waals surface area contributed by atoms with Gasteiger partial charge in [0.05, 0.1) is 6.04 Å². The van der Waals surface area contributed by atoms with Gasteiger partial charge in [0.25, 0.3) is 0 Å². The van der Waals surface area contributed by atoms with Crippen LogP contribution in [0.5, 0.6) is 0 Å². The molecule has 1 aromatic carbocycles. The molecule has 1 atom stereocenters. The van der Waals surface area contributed by atoms with Crippen LogP contribution in [0.3, 0.4) is 0 Å². The third-order valence-corrected chi connectivity index (χ3v) is 4.46. The average molecular weight is 311 g/mol. The summed E-state index contributed by atoms with van der Waals surface area (Å²) in [6.45, 7) is 8.30. The molecule has 2 N–H and O–H groups in total. The van der Waals surface area contributed by atoms with Gasteiger partial charge in [-0.2, -0.15) is 0 Å². The van der Waals surface area contributed by atoms with E-state index in [0.717, 1.165) is 31.4 Å². The highest BCUT2D eigenvalue weighted by Crippen LogP contribution is 2.26. The van der Waals surface area contributed by atoms with E-state index in [1.54, 1.807) is 0 Å². The van der Waals surface area contributed by atoms with Gasteiger partial charge in [-0.3, -0.25) is 4.79 Å². The molecule has 1 saturated heterocycles. The van der Waals surface area contributed by atoms with E-state index < -0.39 is 0 Å². The van der Waals surface area contributed by atoms with Crippen molar-refractivity contribution in [3.8, 4) is 0 Å². The van der Waals surface area contributed by atoms with Crippen molar-refractivity contribution < 1.29 is 4.79 Å². The van der Waals surface area contributed by atoms with Crippen molar-refractivity contribution in [3.05, 3.63) is 35.4 Å². The van der Waals surface area contributed by atoms with E-state index in [-0.39, 0.29) is 29.8 Å². The van der Waals surface area contributed by atoms with Crippen molar-refractivity contribution in [2.75, 3.05) is 6.54 Å². The number of carbonyl (C=O) groups excluding carboxylic acids is 1. The molecule has 118 valence electrons. The first-order valence-electron chi connectivity index (χ1n) is 7.63. The highest BCUT2D eigenvalue weighted by atomic mass is 35.5. The van der Waals surface area contributed by atoms with Crippen molar-refractivity contribution in [1.29, 1.82) is 0 Å². The molecule has 1 fully saturated rings. The molecule has 1 aliphatic heterocycles. The first kappa shape index (κ1) is 18.0. The zero-order valence-electron chi connectivity index (χ0n) is 13.2. The van der Waals surface area contributed by atoms with E-state index in [4.69, 9.17) is 0 Å². The third-order valence-electron chi connectivity index (χ3n) is 4.46. The van der Waals surface area contributed by atoms with E-state index in [0.29, 0.717) is 6.54 Å². The Morgan fingerprint density at radius 1 is 1.33 bits per heavy atom. The highest BCUT2D eigenvalue weighted by Gasteiger charge is 2.21. The minimum Gasteiger partial charge on any atom is -0.351 e. The largest absolute Gasteiger partial charge is 0.351 e. The zero-order chi connectivity index (χ0) is 14.6. The minimum absolute atomic E-state index is 0. The fraction of sp³-hybridized carbons (Fsp3) is 0.588. The monoisotopic (exact) mass is 310 g/mol. The van der Waals surface area contributed by atoms with Gasteiger partial charge in [-0.25, -0.2) is 0 Å². The molecule has 1 amide bonds. The van der Waals surface area contributed by atoms with Crippen LogP contribution in [0.1, 0.15) is 51.2 Å². The number of amides is 1. The first-order valence-corrected chi connectivity index (χ1v) is 7.63. The maximum atomic E-state index is 11.9. The summed E-state index contributed by atoms with van der Waals surface area (Å²) in [7, 11) is 0. The second-order valence-corrected chi connectivity index (χ2v) is 6.30. The number of benzene rings is 1. The van der Waals surface area contributed by atoms with E-state index in [1.165, 1.54) is 5.56 Å². The van der Waals surface area contributed by atoms with Crippen LogP contribution in [0.2, 0.25) is 0 Å². The molecular weight excluding hydrogens is 284 g/mol. The van der Waals surface area contributed by atoms with E-state index in [1.807, 2.05) is 0 Å². The molecule has 0 spiro atoms. The van der Waals surface area contributed by atoms with E-state index in [2.05, 4.69) is 55.7 Å². The van der Waals surface area contributed by atoms with Gasteiger partial charge in [0.2, 0.25) is 5.91 Å². The summed E-state index contributed by atoms with van der Waals surface area (Å²) < 4.78 is 0. The van der Waals surface area contributed by atoms with Crippen LogP contribution in [0, 0.1) is 0 Å². The molecule has 1 heterocycles. The Morgan fingerprint density at radius 2 is 2.00 bits per heavy atom. The molecule has 1 unspecified atom stereocenters. The topological polar surface area (TPSA) is 41.1 Å². The third kappa shape index (κ3) is 4.72. The van der Waals surface area contributed by atoms with Crippen molar-refractivity contribution in [3.63, 3.8) is 0 Å². The number of halogens is 1. The summed E-state index contributed by atoms with van der Waals surface area (Å²) in [4.78, 5) is 11.9. The Kier molecular flexibility index (Phi) is 6.69. The molecular formula is C17H27ClN2O. The van der Waals surface area contributed by atoms with Crippen LogP contribution in [-0.2, 0) is 16.8 Å². The summed E-state index contributed by atoms with van der Waals surface area (Å²) in [6, 6.07) is 8.61. The van der Waals surface area contributed by atoms with Crippen LogP contribution in [-0.4, -0.2) is 18.5 Å². The standard InChI is InChI=1S/C17H26N2O.ClH/c1-4-17(2,3)14-9-7-13(8-10-14)12-19-16(20)15-6-5-11-18-15;/h7-10,15,18H,4-6,11-12H2,1-3H3,(H,19,20);1H. The minimum atomic E-state index is 0. The predicted octanol–water partition coefficient (Wildman–Crippen LogP) is 3.16. The van der Waals surface area contributed by atoms with Crippen molar-refractivity contribution in [1.82, 2.24) is 10.6 Å². The molecule has 1 aromatic rings. The summed E-state index contributed by atoms with van der Waals surface area (Å²) in [5.74, 6) is 0.125. The van der Waals surface area contributed by atoms with Crippen molar-refractivity contribution >= 4 is 18.3 Å². The van der Waals surface area contributed by atoms with Crippen LogP contribution in [0.25, 0.3) is 0 Å².